The molecule has 0 bridgehead atoms. The molecule has 3 aromatic rings. The van der Waals surface area contributed by atoms with Crippen molar-refractivity contribution < 1.29 is 9.84 Å². The van der Waals surface area contributed by atoms with Gasteiger partial charge in [-0.3, -0.25) is 0 Å². The third-order valence-electron chi connectivity index (χ3n) is 6.44. The van der Waals surface area contributed by atoms with Gasteiger partial charge in [0.2, 0.25) is 0 Å². The molecule has 3 nitrogen and oxygen atoms in total. The van der Waals surface area contributed by atoms with E-state index in [1.165, 1.54) is 0 Å². The first kappa shape index (κ1) is 25.4. The van der Waals surface area contributed by atoms with Crippen LogP contribution in [0.1, 0.15) is 57.6 Å². The van der Waals surface area contributed by atoms with Crippen LogP contribution in [-0.4, -0.2) is 17.5 Å². The molecule has 0 aliphatic rings. The fourth-order valence-corrected chi connectivity index (χ4v) is 4.40. The van der Waals surface area contributed by atoms with E-state index < -0.39 is 6.29 Å². The number of benzene rings is 3. The quantitative estimate of drug-likeness (QED) is 0.240. The van der Waals surface area contributed by atoms with Crippen LogP contribution >= 0.6 is 0 Å². The van der Waals surface area contributed by atoms with Crippen LogP contribution in [0.15, 0.2) is 90.5 Å². The van der Waals surface area contributed by atoms with Gasteiger partial charge in [-0.25, -0.2) is 0 Å². The van der Waals surface area contributed by atoms with Gasteiger partial charge in [0, 0.05) is 5.57 Å². The van der Waals surface area contributed by atoms with Crippen molar-refractivity contribution in [1.29, 1.82) is 5.26 Å². The highest BCUT2D eigenvalue weighted by molar-refractivity contribution is 5.85. The summed E-state index contributed by atoms with van der Waals surface area (Å²) in [6.45, 7) is 6.33. The van der Waals surface area contributed by atoms with Crippen LogP contribution in [0.4, 0.5) is 0 Å². The molecular formula is C31H35NO2. The zero-order chi connectivity index (χ0) is 24.3. The average Bonchev–Trinajstić information content (AvgIpc) is 2.88. The van der Waals surface area contributed by atoms with Gasteiger partial charge in [0.05, 0.1) is 11.7 Å². The van der Waals surface area contributed by atoms with Crippen LogP contribution in [-0.2, 0) is 4.74 Å². The third kappa shape index (κ3) is 6.44. The average molecular weight is 454 g/mol. The fourth-order valence-electron chi connectivity index (χ4n) is 4.40. The Balaban J connectivity index is 1.98. The summed E-state index contributed by atoms with van der Waals surface area (Å²) in [6, 6.07) is 30.3. The molecule has 0 spiro atoms. The predicted octanol–water partition coefficient (Wildman–Crippen LogP) is 7.62. The molecule has 0 heterocycles. The first-order valence-corrected chi connectivity index (χ1v) is 12.3. The van der Waals surface area contributed by atoms with E-state index in [-0.39, 0.29) is 11.7 Å². The van der Waals surface area contributed by atoms with Crippen LogP contribution in [0.5, 0.6) is 0 Å². The predicted molar refractivity (Wildman–Crippen MR) is 140 cm³/mol. The Morgan fingerprint density at radius 3 is 1.97 bits per heavy atom. The van der Waals surface area contributed by atoms with Gasteiger partial charge in [-0.1, -0.05) is 118 Å². The summed E-state index contributed by atoms with van der Waals surface area (Å²) < 4.78 is 6.05. The molecule has 0 fully saturated rings. The van der Waals surface area contributed by atoms with Crippen molar-refractivity contribution in [3.8, 4) is 17.2 Å². The highest BCUT2D eigenvalue weighted by Crippen LogP contribution is 2.32. The Kier molecular flexibility index (Phi) is 9.64. The Morgan fingerprint density at radius 1 is 0.853 bits per heavy atom. The first-order valence-electron chi connectivity index (χ1n) is 12.3. The van der Waals surface area contributed by atoms with Gasteiger partial charge in [0.15, 0.2) is 6.29 Å². The summed E-state index contributed by atoms with van der Waals surface area (Å²) in [6.07, 6.45) is 2.86. The molecule has 0 aliphatic carbocycles. The summed E-state index contributed by atoms with van der Waals surface area (Å²) in [5.74, 6) is 0.347. The van der Waals surface area contributed by atoms with Gasteiger partial charge in [-0.2, -0.15) is 5.26 Å². The third-order valence-corrected chi connectivity index (χ3v) is 6.44. The number of nitriles is 1. The van der Waals surface area contributed by atoms with Gasteiger partial charge in [-0.15, -0.1) is 0 Å². The summed E-state index contributed by atoms with van der Waals surface area (Å²) in [5.41, 5.74) is 4.91. The van der Waals surface area contributed by atoms with Crippen molar-refractivity contribution in [2.24, 2.45) is 5.92 Å². The molecule has 176 valence electrons. The standard InChI is InChI=1S/C31H35NO2/c1-4-6-13-24(5-2)23(3)34-31(33)29(22-32)30(27-16-11-8-12-17-27)28-20-18-26(19-21-28)25-14-9-7-10-15-25/h7-12,14-21,23-24,31,33H,4-6,13H2,1-3H3/b30-29-/t23-,24?,31?/m1/s1. The van der Waals surface area contributed by atoms with Crippen molar-refractivity contribution >= 4 is 5.57 Å². The molecule has 3 rings (SSSR count). The molecule has 2 unspecified atom stereocenters. The topological polar surface area (TPSA) is 53.2 Å². The molecule has 3 aromatic carbocycles. The van der Waals surface area contributed by atoms with Crippen molar-refractivity contribution in [2.75, 3.05) is 0 Å². The van der Waals surface area contributed by atoms with Gasteiger partial charge < -0.3 is 9.84 Å². The lowest BCUT2D eigenvalue weighted by atomic mass is 9.91. The molecule has 3 heteroatoms. The lowest BCUT2D eigenvalue weighted by Crippen LogP contribution is -2.28. The maximum Gasteiger partial charge on any atom is 0.192 e. The number of hydrogen-bond acceptors (Lipinski definition) is 3. The maximum absolute atomic E-state index is 11.1. The van der Waals surface area contributed by atoms with E-state index in [1.54, 1.807) is 0 Å². The second-order valence-corrected chi connectivity index (χ2v) is 8.71. The van der Waals surface area contributed by atoms with E-state index in [1.807, 2.05) is 67.6 Å². The summed E-state index contributed by atoms with van der Waals surface area (Å²) in [7, 11) is 0. The molecule has 34 heavy (non-hydrogen) atoms. The molecule has 0 radical (unpaired) electrons. The van der Waals surface area contributed by atoms with Crippen molar-refractivity contribution in [3.63, 3.8) is 0 Å². The smallest absolute Gasteiger partial charge is 0.192 e. The van der Waals surface area contributed by atoms with Crippen LogP contribution in [0.2, 0.25) is 0 Å². The van der Waals surface area contributed by atoms with Gasteiger partial charge in [0.1, 0.15) is 6.07 Å². The van der Waals surface area contributed by atoms with Crippen molar-refractivity contribution in [1.82, 2.24) is 0 Å². The molecule has 0 aromatic heterocycles. The number of rotatable bonds is 11. The molecule has 0 saturated heterocycles. The monoisotopic (exact) mass is 453 g/mol. The Bertz CT molecular complexity index is 1080. The summed E-state index contributed by atoms with van der Waals surface area (Å²) in [4.78, 5) is 0. The molecule has 0 aliphatic heterocycles. The number of aliphatic hydroxyl groups excluding tert-OH is 1. The summed E-state index contributed by atoms with van der Waals surface area (Å²) >= 11 is 0. The van der Waals surface area contributed by atoms with Crippen molar-refractivity contribution in [2.45, 2.75) is 58.8 Å². The lowest BCUT2D eigenvalue weighted by Gasteiger charge is -2.26. The van der Waals surface area contributed by atoms with Crippen LogP contribution in [0, 0.1) is 17.2 Å². The van der Waals surface area contributed by atoms with E-state index in [4.69, 9.17) is 4.74 Å². The summed E-state index contributed by atoms with van der Waals surface area (Å²) in [5, 5.41) is 21.2. The minimum Gasteiger partial charge on any atom is -0.364 e. The Morgan fingerprint density at radius 2 is 1.41 bits per heavy atom. The van der Waals surface area contributed by atoms with E-state index >= 15 is 0 Å². The Labute approximate surface area is 204 Å². The highest BCUT2D eigenvalue weighted by atomic mass is 16.6. The van der Waals surface area contributed by atoms with Crippen LogP contribution in [0.3, 0.4) is 0 Å². The van der Waals surface area contributed by atoms with Crippen LogP contribution in [0.25, 0.3) is 16.7 Å². The number of ether oxygens (including phenoxy) is 1. The number of unbranched alkanes of at least 4 members (excludes halogenated alkanes) is 1. The van der Waals surface area contributed by atoms with E-state index in [2.05, 4.69) is 44.2 Å². The molecular weight excluding hydrogens is 418 g/mol. The first-order chi connectivity index (χ1) is 16.6. The minimum absolute atomic E-state index is 0.146. The van der Waals surface area contributed by atoms with E-state index in [0.717, 1.165) is 47.9 Å². The lowest BCUT2D eigenvalue weighted by molar-refractivity contribution is -0.121. The number of hydrogen-bond donors (Lipinski definition) is 1. The van der Waals surface area contributed by atoms with E-state index in [9.17, 15) is 10.4 Å². The van der Waals surface area contributed by atoms with Crippen molar-refractivity contribution in [3.05, 3.63) is 102 Å². The van der Waals surface area contributed by atoms with Gasteiger partial charge in [-0.05, 0) is 41.5 Å². The second kappa shape index (κ2) is 12.9. The SMILES string of the molecule is CCCCC(CC)[C@@H](C)OC(O)/C(C#N)=C(/c1ccccc1)c1ccc(-c2ccccc2)cc1. The van der Waals surface area contributed by atoms with Crippen LogP contribution < -0.4 is 0 Å². The zero-order valence-electron chi connectivity index (χ0n) is 20.4. The normalized spacial score (nSPS) is 14.6. The molecule has 0 saturated carbocycles. The highest BCUT2D eigenvalue weighted by Gasteiger charge is 2.24. The van der Waals surface area contributed by atoms with E-state index in [0.29, 0.717) is 11.5 Å². The molecule has 1 N–H and O–H groups in total. The molecule has 0 amide bonds. The number of aliphatic hydroxyl groups is 1. The fraction of sp³-hybridized carbons (Fsp3) is 0.323. The van der Waals surface area contributed by atoms with Gasteiger partial charge >= 0.3 is 0 Å². The van der Waals surface area contributed by atoms with Gasteiger partial charge in [0.25, 0.3) is 0 Å². The number of nitrogens with zero attached hydrogens (tertiary/aromatic N) is 1. The zero-order valence-corrected chi connectivity index (χ0v) is 20.4. The Hall–Kier alpha value is -3.19. The minimum atomic E-state index is -1.29. The molecule has 3 atom stereocenters. The second-order valence-electron chi connectivity index (χ2n) is 8.71. The largest absolute Gasteiger partial charge is 0.364 e. The maximum atomic E-state index is 11.1.